The molecule has 0 aliphatic rings. The molecular formula is C18H16FN3O4S. The van der Waals surface area contributed by atoms with E-state index in [1.165, 1.54) is 24.3 Å². The van der Waals surface area contributed by atoms with Crippen LogP contribution in [0.3, 0.4) is 0 Å². The first-order chi connectivity index (χ1) is 13.0. The summed E-state index contributed by atoms with van der Waals surface area (Å²) in [6.07, 6.45) is 0.237. The second-order valence-corrected chi connectivity index (χ2v) is 6.40. The normalized spacial score (nSPS) is 10.8. The summed E-state index contributed by atoms with van der Waals surface area (Å²) < 4.78 is 19.3. The number of amides is 1. The Labute approximate surface area is 157 Å². The summed E-state index contributed by atoms with van der Waals surface area (Å²) >= 11 is 1.12. The second-order valence-electron chi connectivity index (χ2n) is 5.52. The minimum Gasteiger partial charge on any atom is -0.461 e. The van der Waals surface area contributed by atoms with Crippen LogP contribution in [0.4, 0.5) is 9.39 Å². The third kappa shape index (κ3) is 3.59. The fourth-order valence-electron chi connectivity index (χ4n) is 2.46. The summed E-state index contributed by atoms with van der Waals surface area (Å²) in [6, 6.07) is 5.12. The zero-order chi connectivity index (χ0) is 19.6. The predicted octanol–water partition coefficient (Wildman–Crippen LogP) is 3.11. The number of carbonyl (C=O) groups excluding carboxylic acids is 2. The SMILES string of the molecule is CCOC(=O)c1nn(-c2ccc(F)cc2)c(=O)c2c(NC(=O)CC)scc12. The first kappa shape index (κ1) is 18.7. The molecule has 1 amide bonds. The minimum absolute atomic E-state index is 0.0518. The molecule has 0 saturated carbocycles. The molecule has 9 heteroatoms. The number of halogens is 1. The van der Waals surface area contributed by atoms with E-state index < -0.39 is 17.3 Å². The number of rotatable bonds is 5. The molecule has 0 spiro atoms. The Hall–Kier alpha value is -3.07. The molecule has 0 atom stereocenters. The lowest BCUT2D eigenvalue weighted by Gasteiger charge is -2.09. The fourth-order valence-corrected chi connectivity index (χ4v) is 3.42. The average molecular weight is 389 g/mol. The molecule has 0 fully saturated rings. The van der Waals surface area contributed by atoms with Gasteiger partial charge in [0.15, 0.2) is 5.69 Å². The van der Waals surface area contributed by atoms with E-state index in [2.05, 4.69) is 10.4 Å². The van der Waals surface area contributed by atoms with Crippen molar-refractivity contribution in [3.05, 3.63) is 51.5 Å². The van der Waals surface area contributed by atoms with E-state index in [1.807, 2.05) is 0 Å². The Morgan fingerprint density at radius 1 is 1.26 bits per heavy atom. The molecule has 7 nitrogen and oxygen atoms in total. The molecular weight excluding hydrogens is 373 g/mol. The van der Waals surface area contributed by atoms with Crippen LogP contribution in [0, 0.1) is 5.82 Å². The maximum Gasteiger partial charge on any atom is 0.359 e. The van der Waals surface area contributed by atoms with Crippen molar-refractivity contribution < 1.29 is 18.7 Å². The third-order valence-corrected chi connectivity index (χ3v) is 4.66. The van der Waals surface area contributed by atoms with Crippen LogP contribution in [0.25, 0.3) is 16.5 Å². The summed E-state index contributed by atoms with van der Waals surface area (Å²) in [5.41, 5.74) is -0.297. The van der Waals surface area contributed by atoms with Crippen LogP contribution >= 0.6 is 11.3 Å². The molecule has 2 heterocycles. The molecule has 27 heavy (non-hydrogen) atoms. The van der Waals surface area contributed by atoms with Gasteiger partial charge in [-0.25, -0.2) is 9.18 Å². The molecule has 2 aromatic heterocycles. The van der Waals surface area contributed by atoms with Gasteiger partial charge >= 0.3 is 5.97 Å². The van der Waals surface area contributed by atoms with Gasteiger partial charge in [0.2, 0.25) is 5.91 Å². The maximum absolute atomic E-state index is 13.2. The zero-order valence-electron chi connectivity index (χ0n) is 14.6. The highest BCUT2D eigenvalue weighted by Crippen LogP contribution is 2.30. The number of nitrogens with zero attached hydrogens (tertiary/aromatic N) is 2. The largest absolute Gasteiger partial charge is 0.461 e. The Kier molecular flexibility index (Phi) is 5.31. The zero-order valence-corrected chi connectivity index (χ0v) is 15.4. The molecule has 0 saturated heterocycles. The number of nitrogens with one attached hydrogen (secondary N) is 1. The fraction of sp³-hybridized carbons (Fsp3) is 0.222. The summed E-state index contributed by atoms with van der Waals surface area (Å²) in [5.74, 6) is -1.42. The topological polar surface area (TPSA) is 90.3 Å². The van der Waals surface area contributed by atoms with Crippen LogP contribution in [0.15, 0.2) is 34.4 Å². The van der Waals surface area contributed by atoms with Gasteiger partial charge in [-0.1, -0.05) is 6.92 Å². The van der Waals surface area contributed by atoms with Crippen molar-refractivity contribution in [3.8, 4) is 5.69 Å². The second kappa shape index (κ2) is 7.67. The number of aromatic nitrogens is 2. The van der Waals surface area contributed by atoms with E-state index in [9.17, 15) is 18.8 Å². The molecule has 1 aromatic carbocycles. The summed E-state index contributed by atoms with van der Waals surface area (Å²) in [6.45, 7) is 3.49. The van der Waals surface area contributed by atoms with E-state index in [0.29, 0.717) is 10.4 Å². The van der Waals surface area contributed by atoms with E-state index >= 15 is 0 Å². The van der Waals surface area contributed by atoms with Gasteiger partial charge in [-0.05, 0) is 31.2 Å². The lowest BCUT2D eigenvalue weighted by Crippen LogP contribution is -2.25. The van der Waals surface area contributed by atoms with E-state index in [0.717, 1.165) is 16.0 Å². The van der Waals surface area contributed by atoms with Gasteiger partial charge in [0.25, 0.3) is 5.56 Å². The van der Waals surface area contributed by atoms with Crippen LogP contribution in [-0.2, 0) is 9.53 Å². The van der Waals surface area contributed by atoms with E-state index in [4.69, 9.17) is 4.74 Å². The Bertz CT molecular complexity index is 1070. The van der Waals surface area contributed by atoms with Crippen LogP contribution in [0.1, 0.15) is 30.8 Å². The van der Waals surface area contributed by atoms with Gasteiger partial charge in [-0.3, -0.25) is 9.59 Å². The first-order valence-electron chi connectivity index (χ1n) is 8.23. The van der Waals surface area contributed by atoms with Crippen molar-refractivity contribution in [1.29, 1.82) is 0 Å². The van der Waals surface area contributed by atoms with Crippen LogP contribution in [0.5, 0.6) is 0 Å². The number of esters is 1. The number of carbonyl (C=O) groups is 2. The molecule has 0 aliphatic carbocycles. The molecule has 0 aliphatic heterocycles. The van der Waals surface area contributed by atoms with Crippen LogP contribution < -0.4 is 10.9 Å². The molecule has 140 valence electrons. The number of anilines is 1. The lowest BCUT2D eigenvalue weighted by atomic mass is 10.2. The number of hydrogen-bond donors (Lipinski definition) is 1. The summed E-state index contributed by atoms with van der Waals surface area (Å²) in [7, 11) is 0. The predicted molar refractivity (Wildman–Crippen MR) is 100 cm³/mol. The van der Waals surface area contributed by atoms with Crippen molar-refractivity contribution >= 4 is 39.0 Å². The van der Waals surface area contributed by atoms with Crippen LogP contribution in [0.2, 0.25) is 0 Å². The standard InChI is InChI=1S/C18H16FN3O4S/c1-3-13(23)20-16-14-12(9-27-16)15(18(25)26-4-2)21-22(17(14)24)11-7-5-10(19)6-8-11/h5-9H,3-4H2,1-2H3,(H,20,23). The van der Waals surface area contributed by atoms with E-state index in [-0.39, 0.29) is 35.7 Å². The molecule has 0 radical (unpaired) electrons. The van der Waals surface area contributed by atoms with Gasteiger partial charge in [0.05, 0.1) is 17.7 Å². The van der Waals surface area contributed by atoms with Crippen molar-refractivity contribution in [1.82, 2.24) is 9.78 Å². The molecule has 1 N–H and O–H groups in total. The third-order valence-electron chi connectivity index (χ3n) is 3.77. The van der Waals surface area contributed by atoms with E-state index in [1.54, 1.807) is 19.2 Å². The van der Waals surface area contributed by atoms with Crippen molar-refractivity contribution in [2.45, 2.75) is 20.3 Å². The van der Waals surface area contributed by atoms with Crippen molar-refractivity contribution in [2.75, 3.05) is 11.9 Å². The quantitative estimate of drug-likeness (QED) is 0.677. The highest BCUT2D eigenvalue weighted by molar-refractivity contribution is 7.16. The van der Waals surface area contributed by atoms with Crippen molar-refractivity contribution in [3.63, 3.8) is 0 Å². The Morgan fingerprint density at radius 3 is 2.59 bits per heavy atom. The summed E-state index contributed by atoms with van der Waals surface area (Å²) in [4.78, 5) is 37.1. The number of benzene rings is 1. The molecule has 3 aromatic rings. The Morgan fingerprint density at radius 2 is 1.96 bits per heavy atom. The number of ether oxygens (including phenoxy) is 1. The molecule has 0 bridgehead atoms. The van der Waals surface area contributed by atoms with Gasteiger partial charge in [0, 0.05) is 17.2 Å². The lowest BCUT2D eigenvalue weighted by molar-refractivity contribution is -0.115. The number of fused-ring (bicyclic) bond motifs is 1. The minimum atomic E-state index is -0.690. The molecule has 3 rings (SSSR count). The van der Waals surface area contributed by atoms with Crippen LogP contribution in [-0.4, -0.2) is 28.3 Å². The monoisotopic (exact) mass is 389 g/mol. The number of hydrogen-bond acceptors (Lipinski definition) is 6. The Balaban J connectivity index is 2.29. The highest BCUT2D eigenvalue weighted by Gasteiger charge is 2.22. The van der Waals surface area contributed by atoms with Crippen molar-refractivity contribution in [2.24, 2.45) is 0 Å². The smallest absolute Gasteiger partial charge is 0.359 e. The average Bonchev–Trinajstić information content (AvgIpc) is 3.07. The van der Waals surface area contributed by atoms with Gasteiger partial charge in [-0.15, -0.1) is 11.3 Å². The van der Waals surface area contributed by atoms with Gasteiger partial charge in [-0.2, -0.15) is 9.78 Å². The first-order valence-corrected chi connectivity index (χ1v) is 9.11. The summed E-state index contributed by atoms with van der Waals surface area (Å²) in [5, 5.41) is 9.16. The van der Waals surface area contributed by atoms with Gasteiger partial charge in [0.1, 0.15) is 10.8 Å². The number of thiophene rings is 1. The van der Waals surface area contributed by atoms with Gasteiger partial charge < -0.3 is 10.1 Å². The highest BCUT2D eigenvalue weighted by atomic mass is 32.1. The molecule has 0 unspecified atom stereocenters. The maximum atomic E-state index is 13.2.